The molecule has 29 heavy (non-hydrogen) atoms. The number of hydrogen-bond donors (Lipinski definition) is 1. The van der Waals surface area contributed by atoms with Crippen LogP contribution in [0.5, 0.6) is 0 Å². The third kappa shape index (κ3) is 3.36. The van der Waals surface area contributed by atoms with Crippen molar-refractivity contribution in [2.45, 2.75) is 111 Å². The number of hydrogen-bond acceptors (Lipinski definition) is 2. The second kappa shape index (κ2) is 7.81. The fourth-order valence-corrected chi connectivity index (χ4v) is 8.30. The lowest BCUT2D eigenvalue weighted by atomic mass is 9.48. The van der Waals surface area contributed by atoms with Gasteiger partial charge in [0.15, 0.2) is 5.78 Å². The van der Waals surface area contributed by atoms with E-state index in [0.29, 0.717) is 29.5 Å². The molecule has 2 nitrogen and oxygen atoms in total. The maximum atomic E-state index is 13.4. The first-order chi connectivity index (χ1) is 13.7. The molecule has 0 saturated heterocycles. The van der Waals surface area contributed by atoms with Crippen LogP contribution in [0, 0.1) is 40.4 Å². The molecule has 1 unspecified atom stereocenters. The maximum absolute atomic E-state index is 13.4. The van der Waals surface area contributed by atoms with Crippen LogP contribution in [0.15, 0.2) is 11.1 Å². The molecule has 4 aliphatic rings. The quantitative estimate of drug-likeness (QED) is 0.556. The molecular weight excluding hydrogens is 356 g/mol. The highest BCUT2D eigenvalue weighted by atomic mass is 16.3. The summed E-state index contributed by atoms with van der Waals surface area (Å²) in [4.78, 5) is 13.4. The van der Waals surface area contributed by atoms with Crippen molar-refractivity contribution >= 4 is 5.78 Å². The predicted molar refractivity (Wildman–Crippen MR) is 120 cm³/mol. The average molecular weight is 401 g/mol. The lowest BCUT2D eigenvalue weighted by Gasteiger charge is -2.57. The number of allylic oxidation sites excluding steroid dienone is 2. The Bertz CT molecular complexity index is 676. The topological polar surface area (TPSA) is 37.3 Å². The summed E-state index contributed by atoms with van der Waals surface area (Å²) in [6.07, 6.45) is 12.5. The number of Topliss-reactive ketones (excluding diaryl/α,β-unsaturated/α-hetero) is 1. The van der Waals surface area contributed by atoms with E-state index in [9.17, 15) is 9.90 Å². The van der Waals surface area contributed by atoms with E-state index in [0.717, 1.165) is 31.6 Å². The summed E-state index contributed by atoms with van der Waals surface area (Å²) in [5.74, 6) is 3.47. The zero-order valence-corrected chi connectivity index (χ0v) is 19.6. The minimum atomic E-state index is -0.186. The van der Waals surface area contributed by atoms with Crippen LogP contribution >= 0.6 is 0 Å². The summed E-state index contributed by atoms with van der Waals surface area (Å²) >= 11 is 0. The van der Waals surface area contributed by atoms with Crippen LogP contribution < -0.4 is 0 Å². The first-order valence-electron chi connectivity index (χ1n) is 12.6. The standard InChI is InChI=1S/C27H44O2/c1-17(2)8-6-9-18(3)22-16-23(28)25-20-13-12-19-10-7-11-24(29)27(19,5)21(20)14-15-26(22,25)4/h17-19,21-22,24,29H,6-16H2,1-5H3/t18-,19-,21+,22-,24?,26-,27+/m1/s1. The van der Waals surface area contributed by atoms with Crippen molar-refractivity contribution in [1.29, 1.82) is 0 Å². The molecule has 4 aliphatic carbocycles. The van der Waals surface area contributed by atoms with Crippen LogP contribution in [0.25, 0.3) is 0 Å². The van der Waals surface area contributed by atoms with E-state index in [1.54, 1.807) is 0 Å². The van der Waals surface area contributed by atoms with Gasteiger partial charge in [-0.15, -0.1) is 0 Å². The Morgan fingerprint density at radius 3 is 2.55 bits per heavy atom. The number of carbonyl (C=O) groups is 1. The van der Waals surface area contributed by atoms with Gasteiger partial charge in [0.1, 0.15) is 0 Å². The number of aliphatic hydroxyl groups excluding tert-OH is 1. The van der Waals surface area contributed by atoms with E-state index in [4.69, 9.17) is 0 Å². The van der Waals surface area contributed by atoms with Gasteiger partial charge in [-0.2, -0.15) is 0 Å². The highest BCUT2D eigenvalue weighted by Gasteiger charge is 2.59. The minimum Gasteiger partial charge on any atom is -0.393 e. The molecule has 0 spiro atoms. The van der Waals surface area contributed by atoms with Gasteiger partial charge in [-0.3, -0.25) is 4.79 Å². The Kier molecular flexibility index (Phi) is 5.82. The van der Waals surface area contributed by atoms with Gasteiger partial charge in [0.2, 0.25) is 0 Å². The van der Waals surface area contributed by atoms with Crippen LogP contribution in [-0.4, -0.2) is 17.0 Å². The molecule has 0 aromatic carbocycles. The summed E-state index contributed by atoms with van der Waals surface area (Å²) in [5.41, 5.74) is 2.82. The molecule has 164 valence electrons. The molecular formula is C27H44O2. The highest BCUT2D eigenvalue weighted by Crippen LogP contribution is 2.65. The molecule has 3 fully saturated rings. The molecule has 7 atom stereocenters. The van der Waals surface area contributed by atoms with E-state index in [1.807, 2.05) is 0 Å². The lowest BCUT2D eigenvalue weighted by molar-refractivity contribution is -0.116. The molecule has 0 aromatic heterocycles. The number of aliphatic hydroxyl groups is 1. The van der Waals surface area contributed by atoms with Crippen molar-refractivity contribution in [2.24, 2.45) is 40.4 Å². The Hall–Kier alpha value is -0.630. The lowest BCUT2D eigenvalue weighted by Crippen LogP contribution is -2.53. The molecule has 0 heterocycles. The van der Waals surface area contributed by atoms with Crippen molar-refractivity contribution in [2.75, 3.05) is 0 Å². The van der Waals surface area contributed by atoms with Gasteiger partial charge >= 0.3 is 0 Å². The number of ketones is 1. The van der Waals surface area contributed by atoms with Crippen LogP contribution in [0.2, 0.25) is 0 Å². The Labute approximate surface area is 178 Å². The molecule has 0 aromatic rings. The summed E-state index contributed by atoms with van der Waals surface area (Å²) in [6.45, 7) is 11.8. The van der Waals surface area contributed by atoms with E-state index in [-0.39, 0.29) is 16.9 Å². The summed E-state index contributed by atoms with van der Waals surface area (Å²) in [7, 11) is 0. The molecule has 0 amide bonds. The minimum absolute atomic E-state index is 0.00140. The Morgan fingerprint density at radius 2 is 1.83 bits per heavy atom. The van der Waals surface area contributed by atoms with Gasteiger partial charge in [0, 0.05) is 17.4 Å². The average Bonchev–Trinajstić information content (AvgIpc) is 2.93. The molecule has 0 radical (unpaired) electrons. The van der Waals surface area contributed by atoms with Gasteiger partial charge in [0.05, 0.1) is 6.10 Å². The number of rotatable bonds is 5. The fraction of sp³-hybridized carbons (Fsp3) is 0.889. The van der Waals surface area contributed by atoms with Crippen molar-refractivity contribution in [1.82, 2.24) is 0 Å². The van der Waals surface area contributed by atoms with Gasteiger partial charge in [-0.05, 0) is 73.5 Å². The summed E-state index contributed by atoms with van der Waals surface area (Å²) in [5, 5.41) is 11.0. The third-order valence-corrected chi connectivity index (χ3v) is 10.0. The summed E-state index contributed by atoms with van der Waals surface area (Å²) < 4.78 is 0. The Morgan fingerprint density at radius 1 is 1.07 bits per heavy atom. The molecule has 4 rings (SSSR count). The predicted octanol–water partition coefficient (Wildman–Crippen LogP) is 6.71. The van der Waals surface area contributed by atoms with Gasteiger partial charge in [-0.25, -0.2) is 0 Å². The van der Waals surface area contributed by atoms with Gasteiger partial charge < -0.3 is 5.11 Å². The molecule has 0 bridgehead atoms. The first-order valence-corrected chi connectivity index (χ1v) is 12.6. The van der Waals surface area contributed by atoms with E-state index in [1.165, 1.54) is 56.1 Å². The zero-order chi connectivity index (χ0) is 21.0. The van der Waals surface area contributed by atoms with Crippen LogP contribution in [0.3, 0.4) is 0 Å². The highest BCUT2D eigenvalue weighted by molar-refractivity contribution is 6.00. The van der Waals surface area contributed by atoms with Gasteiger partial charge in [-0.1, -0.05) is 65.9 Å². The van der Waals surface area contributed by atoms with Crippen LogP contribution in [0.4, 0.5) is 0 Å². The van der Waals surface area contributed by atoms with E-state index >= 15 is 0 Å². The van der Waals surface area contributed by atoms with Crippen LogP contribution in [-0.2, 0) is 4.79 Å². The van der Waals surface area contributed by atoms with Crippen molar-refractivity contribution in [3.05, 3.63) is 11.1 Å². The van der Waals surface area contributed by atoms with Crippen LogP contribution in [0.1, 0.15) is 105 Å². The number of fused-ring (bicyclic) bond motifs is 4. The molecule has 2 heteroatoms. The molecule has 0 aliphatic heterocycles. The molecule has 3 saturated carbocycles. The van der Waals surface area contributed by atoms with Crippen molar-refractivity contribution in [3.63, 3.8) is 0 Å². The van der Waals surface area contributed by atoms with Gasteiger partial charge in [0.25, 0.3) is 0 Å². The summed E-state index contributed by atoms with van der Waals surface area (Å²) in [6, 6.07) is 0. The smallest absolute Gasteiger partial charge is 0.159 e. The second-order valence-electron chi connectivity index (χ2n) is 12.0. The Balaban J connectivity index is 1.62. The third-order valence-electron chi connectivity index (χ3n) is 10.0. The van der Waals surface area contributed by atoms with Crippen molar-refractivity contribution < 1.29 is 9.90 Å². The normalized spacial score (nSPS) is 43.2. The van der Waals surface area contributed by atoms with E-state index in [2.05, 4.69) is 34.6 Å². The fourth-order valence-electron chi connectivity index (χ4n) is 8.30. The van der Waals surface area contributed by atoms with E-state index < -0.39 is 0 Å². The zero-order valence-electron chi connectivity index (χ0n) is 19.6. The number of carbonyl (C=O) groups excluding carboxylic acids is 1. The monoisotopic (exact) mass is 400 g/mol. The second-order valence-corrected chi connectivity index (χ2v) is 12.0. The molecule has 1 N–H and O–H groups in total. The largest absolute Gasteiger partial charge is 0.393 e. The first kappa shape index (κ1) is 21.6. The van der Waals surface area contributed by atoms with Crippen molar-refractivity contribution in [3.8, 4) is 0 Å². The maximum Gasteiger partial charge on any atom is 0.159 e. The SMILES string of the molecule is CC(C)CCC[C@@H](C)[C@H]1CC(=O)C2=C3CC[C@H]4CCCC(O)[C@]4(C)[C@H]3CC[C@@]21C.